The fourth-order valence-electron chi connectivity index (χ4n) is 17.5. The molecule has 6 fully saturated rings. The Morgan fingerprint density at radius 2 is 1.82 bits per heavy atom. The minimum Gasteiger partial charge on any atom is -0.504 e. The van der Waals surface area contributed by atoms with Gasteiger partial charge < -0.3 is 50.0 Å². The molecule has 7 N–H and O–H groups in total. The number of fused-ring (bicyclic) bond motifs is 9. The normalized spacial score (nSPS) is 35.3. The molecule has 4 bridgehead atoms. The second-order valence-corrected chi connectivity index (χ2v) is 24.8. The number of aromatic hydroxyl groups is 1. The Bertz CT molecular complexity index is 2610. The number of phenolic OH excluding ortho intramolecular Hbond substituents is 1. The van der Waals surface area contributed by atoms with Gasteiger partial charge in [0.15, 0.2) is 29.3 Å². The number of aliphatic hydroxyl groups is 3. The number of phenols is 1. The lowest BCUT2D eigenvalue weighted by Crippen LogP contribution is -2.55. The molecule has 13 heteroatoms. The van der Waals surface area contributed by atoms with E-state index in [0.717, 1.165) is 114 Å². The number of likely N-dealkylation sites (N-methyl/N-ethyl adjacent to an activating group) is 1. The largest absolute Gasteiger partial charge is 0.504 e. The highest BCUT2D eigenvalue weighted by Crippen LogP contribution is 2.67. The van der Waals surface area contributed by atoms with Gasteiger partial charge in [-0.3, -0.25) is 15.1 Å². The monoisotopic (exact) mass is 1060 g/mol. The summed E-state index contributed by atoms with van der Waals surface area (Å²) in [4.78, 5) is 20.5. The van der Waals surface area contributed by atoms with Crippen LogP contribution in [0.15, 0.2) is 47.5 Å². The second-order valence-electron chi connectivity index (χ2n) is 24.8. The molecule has 10 rings (SSSR count). The van der Waals surface area contributed by atoms with Crippen molar-refractivity contribution in [3.05, 3.63) is 53.6 Å². The molecule has 8 aliphatic rings. The Morgan fingerprint density at radius 3 is 2.60 bits per heavy atom. The van der Waals surface area contributed by atoms with E-state index in [4.69, 9.17) is 23.9 Å². The van der Waals surface area contributed by atoms with Gasteiger partial charge in [-0.25, -0.2) is 0 Å². The van der Waals surface area contributed by atoms with Crippen LogP contribution in [-0.4, -0.2) is 90.6 Å². The Labute approximate surface area is 458 Å². The SMILES string of the molecule is CC[C@H]1CC[C@@H]2[C@@H](CCCO)[C@H]3CCC[C@]34c3cc(c5c(c3)O[C@]3(CNC)C[C@H](CC#CO5)[C@@H](C[C@H](O)OC5(CCO)CCCC5)C3)NC(=NC)NC#CC[C@@H]3CCC[C@@]3(Cc3ccc(O)c(OC)c3)C(=O)/C=C/[C@@H]4[C@H]2C1. The van der Waals surface area contributed by atoms with Crippen LogP contribution in [0.5, 0.6) is 23.0 Å². The quantitative estimate of drug-likeness (QED) is 0.0663. The third-order valence-corrected chi connectivity index (χ3v) is 20.9. The number of anilines is 1. The lowest BCUT2D eigenvalue weighted by molar-refractivity contribution is -0.197. The number of hydrogen-bond acceptors (Lipinski definition) is 11. The van der Waals surface area contributed by atoms with Gasteiger partial charge in [-0.1, -0.05) is 69.4 Å². The van der Waals surface area contributed by atoms with Crippen LogP contribution in [0.2, 0.25) is 0 Å². The van der Waals surface area contributed by atoms with E-state index in [1.165, 1.54) is 6.42 Å². The number of ether oxygens (including phenoxy) is 4. The molecule has 77 heavy (non-hydrogen) atoms. The third kappa shape index (κ3) is 11.0. The highest BCUT2D eigenvalue weighted by atomic mass is 16.6. The fourth-order valence-corrected chi connectivity index (χ4v) is 17.5. The number of benzene rings is 2. The van der Waals surface area contributed by atoms with Crippen LogP contribution in [0.4, 0.5) is 5.69 Å². The lowest BCUT2D eigenvalue weighted by Gasteiger charge is -2.59. The highest BCUT2D eigenvalue weighted by molar-refractivity contribution is 5.97. The molecule has 6 saturated carbocycles. The van der Waals surface area contributed by atoms with Crippen LogP contribution >= 0.6 is 0 Å². The van der Waals surface area contributed by atoms with Gasteiger partial charge in [0.2, 0.25) is 11.7 Å². The van der Waals surface area contributed by atoms with Crippen molar-refractivity contribution in [1.82, 2.24) is 10.6 Å². The summed E-state index contributed by atoms with van der Waals surface area (Å²) in [5, 5.41) is 53.4. The molecular weight excluding hydrogens is 969 g/mol. The molecule has 6 aliphatic carbocycles. The molecule has 0 radical (unpaired) electrons. The average Bonchev–Trinajstić information content (AvgIpc) is 4.43. The molecule has 0 aromatic heterocycles. The first-order valence-electron chi connectivity index (χ1n) is 29.8. The van der Waals surface area contributed by atoms with Crippen molar-refractivity contribution in [2.45, 2.75) is 178 Å². The minimum atomic E-state index is -0.980. The number of carbonyl (C=O) groups is 1. The Hall–Kier alpha value is -4.76. The van der Waals surface area contributed by atoms with Gasteiger partial charge >= 0.3 is 0 Å². The van der Waals surface area contributed by atoms with E-state index in [1.54, 1.807) is 20.2 Å². The van der Waals surface area contributed by atoms with Gasteiger partial charge in [-0.15, -0.1) is 0 Å². The van der Waals surface area contributed by atoms with Crippen molar-refractivity contribution < 1.29 is 44.2 Å². The number of rotatable bonds is 15. The number of methoxy groups -OCH3 is 1. The summed E-state index contributed by atoms with van der Waals surface area (Å²) < 4.78 is 26.4. The third-order valence-electron chi connectivity index (χ3n) is 20.9. The second kappa shape index (κ2) is 23.9. The standard InChI is InChI=1S/C64H88N4O9/c1-5-42-18-20-48-49(16-11-30-69)51-17-9-27-64(51)47-36-53(59-56(37-47)76-62(41-65-2)39-44(13-12-32-75-59)45(40-62)35-58(73)77-61(28-31-70)24-6-7-25-61)68-60(66-3)67-29-10-15-46-14-8-26-63(46,57(72)23-21-52(64)50(48)33-42)38-43-19-22-54(71)55(34-43)74-4/h19,21-23,34,36-37,42,44-46,48-52,58,65,69-71,73H,5-9,11,13-18,20,24-28,30-31,33,35,38-41H2,1-4H3,(H2,66,67,68)/b23-21+/t42-,44-,45-,46-,48+,49+,50-,51+,52+,58+,62+,63-,64-/m0/s1. The summed E-state index contributed by atoms with van der Waals surface area (Å²) in [6.07, 6.45) is 26.1. The van der Waals surface area contributed by atoms with Crippen molar-refractivity contribution >= 4 is 17.4 Å². The zero-order chi connectivity index (χ0) is 53.8. The van der Waals surface area contributed by atoms with Crippen molar-refractivity contribution in [1.29, 1.82) is 0 Å². The first-order chi connectivity index (χ1) is 37.4. The van der Waals surface area contributed by atoms with Gasteiger partial charge in [0.1, 0.15) is 11.7 Å². The fraction of sp³-hybridized carbons (Fsp3) is 0.688. The summed E-state index contributed by atoms with van der Waals surface area (Å²) in [6, 6.07) is 13.3. The number of guanidine groups is 1. The van der Waals surface area contributed by atoms with Crippen molar-refractivity contribution in [2.75, 3.05) is 46.3 Å². The molecule has 0 unspecified atom stereocenters. The van der Waals surface area contributed by atoms with E-state index >= 15 is 4.79 Å². The molecule has 13 atom stereocenters. The summed E-state index contributed by atoms with van der Waals surface area (Å²) in [5.74, 6) is 11.2. The zero-order valence-electron chi connectivity index (χ0n) is 46.5. The van der Waals surface area contributed by atoms with Crippen LogP contribution in [0.25, 0.3) is 0 Å². The van der Waals surface area contributed by atoms with Gasteiger partial charge in [-0.2, -0.15) is 0 Å². The van der Waals surface area contributed by atoms with E-state index in [2.05, 4.69) is 65.1 Å². The minimum absolute atomic E-state index is 0.00112. The number of nitrogens with zero attached hydrogens (tertiary/aromatic N) is 1. The molecule has 0 amide bonds. The summed E-state index contributed by atoms with van der Waals surface area (Å²) in [6.45, 7) is 3.09. The molecule has 2 heterocycles. The highest BCUT2D eigenvalue weighted by Gasteiger charge is 2.61. The van der Waals surface area contributed by atoms with Crippen molar-refractivity contribution in [2.24, 2.45) is 63.7 Å². The molecule has 418 valence electrons. The first kappa shape index (κ1) is 55.6. The molecule has 13 nitrogen and oxygen atoms in total. The topological polar surface area (TPSA) is 183 Å². The van der Waals surface area contributed by atoms with E-state index in [9.17, 15) is 20.4 Å². The summed E-state index contributed by atoms with van der Waals surface area (Å²) in [7, 11) is 5.28. The predicted octanol–water partition coefficient (Wildman–Crippen LogP) is 9.93. The predicted molar refractivity (Wildman–Crippen MR) is 299 cm³/mol. The van der Waals surface area contributed by atoms with E-state index in [1.807, 2.05) is 25.3 Å². The average molecular weight is 1060 g/mol. The molecule has 2 aromatic carbocycles. The van der Waals surface area contributed by atoms with Gasteiger partial charge in [0.05, 0.1) is 18.4 Å². The van der Waals surface area contributed by atoms with E-state index in [-0.39, 0.29) is 54.3 Å². The number of hydrogen-bond donors (Lipinski definition) is 7. The van der Waals surface area contributed by atoms with Crippen LogP contribution in [-0.2, 0) is 21.4 Å². The van der Waals surface area contributed by atoms with E-state index < -0.39 is 28.3 Å². The molecule has 0 saturated heterocycles. The smallest absolute Gasteiger partial charge is 0.207 e. The Morgan fingerprint density at radius 1 is 0.974 bits per heavy atom. The van der Waals surface area contributed by atoms with Crippen molar-refractivity contribution in [3.8, 4) is 47.0 Å². The van der Waals surface area contributed by atoms with Gasteiger partial charge in [-0.05, 0) is 192 Å². The van der Waals surface area contributed by atoms with Crippen LogP contribution in [0, 0.1) is 82.7 Å². The maximum absolute atomic E-state index is 15.8. The number of ketones is 1. The zero-order valence-corrected chi connectivity index (χ0v) is 46.5. The number of carbonyl (C=O) groups excluding carboxylic acids is 1. The summed E-state index contributed by atoms with van der Waals surface area (Å²) in [5.41, 5.74) is 0.502. The lowest BCUT2D eigenvalue weighted by atomic mass is 9.45. The van der Waals surface area contributed by atoms with Crippen LogP contribution < -0.4 is 30.2 Å². The van der Waals surface area contributed by atoms with Gasteiger partial charge in [0, 0.05) is 62.9 Å². The Balaban J connectivity index is 1.12. The van der Waals surface area contributed by atoms with Crippen molar-refractivity contribution in [3.63, 3.8) is 0 Å². The summed E-state index contributed by atoms with van der Waals surface area (Å²) >= 11 is 0. The van der Waals surface area contributed by atoms with Crippen LogP contribution in [0.1, 0.15) is 159 Å². The number of allylic oxidation sites excluding steroid dienone is 2. The molecule has 1 spiro atoms. The molecule has 2 aliphatic heterocycles. The van der Waals surface area contributed by atoms with Gasteiger partial charge in [0.25, 0.3) is 0 Å². The number of aliphatic imine (C=N–C) groups is 1. The maximum atomic E-state index is 15.8. The van der Waals surface area contributed by atoms with E-state index in [0.29, 0.717) is 97.6 Å². The van der Waals surface area contributed by atoms with Crippen LogP contribution in [0.3, 0.4) is 0 Å². The Kier molecular flexibility index (Phi) is 17.3. The molecular formula is C64H88N4O9. The molecule has 2 aromatic rings. The number of nitrogens with one attached hydrogen (secondary N) is 3. The number of aliphatic hydroxyl groups excluding tert-OH is 3. The maximum Gasteiger partial charge on any atom is 0.207 e. The first-order valence-corrected chi connectivity index (χ1v) is 29.8.